The Morgan fingerprint density at radius 2 is 2.27 bits per heavy atom. The van der Waals surface area contributed by atoms with Crippen LogP contribution in [0.3, 0.4) is 0 Å². The zero-order valence-corrected chi connectivity index (χ0v) is 8.99. The molecule has 0 amide bonds. The molecule has 0 unspecified atom stereocenters. The van der Waals surface area contributed by atoms with Crippen molar-refractivity contribution in [2.24, 2.45) is 0 Å². The molecule has 1 aliphatic carbocycles. The van der Waals surface area contributed by atoms with Gasteiger partial charge < -0.3 is 9.94 Å². The first-order valence-electron chi connectivity index (χ1n) is 5.27. The smallest absolute Gasteiger partial charge is 0.0572 e. The highest BCUT2D eigenvalue weighted by Crippen LogP contribution is 2.47. The molecule has 15 heavy (non-hydrogen) atoms. The molecule has 0 radical (unpaired) electrons. The average Bonchev–Trinajstić information content (AvgIpc) is 3.08. The summed E-state index contributed by atoms with van der Waals surface area (Å²) in [5.41, 5.74) is 5.32. The molecule has 0 bridgehead atoms. The van der Waals surface area contributed by atoms with Gasteiger partial charge in [0.25, 0.3) is 0 Å². The molecule has 0 aromatic heterocycles. The Morgan fingerprint density at radius 1 is 1.47 bits per heavy atom. The van der Waals surface area contributed by atoms with Crippen LogP contribution >= 0.6 is 0 Å². The first-order valence-corrected chi connectivity index (χ1v) is 5.27. The monoisotopic (exact) mass is 207 g/mol. The maximum Gasteiger partial charge on any atom is 0.0572 e. The fraction of sp³-hybridized carbons (Fsp3) is 0.500. The summed E-state index contributed by atoms with van der Waals surface area (Å²) in [6.45, 7) is 0.958. The van der Waals surface area contributed by atoms with Gasteiger partial charge in [0.2, 0.25) is 0 Å². The van der Waals surface area contributed by atoms with Crippen LogP contribution in [0.2, 0.25) is 0 Å². The van der Waals surface area contributed by atoms with Gasteiger partial charge in [-0.2, -0.15) is 5.48 Å². The SMILES string of the molecule is CONCc1cccc(C2(CO)CC2)c1. The Bertz CT molecular complexity index is 334. The van der Waals surface area contributed by atoms with Crippen molar-refractivity contribution < 1.29 is 9.94 Å². The van der Waals surface area contributed by atoms with Crippen molar-refractivity contribution in [3.05, 3.63) is 35.4 Å². The highest BCUT2D eigenvalue weighted by molar-refractivity contribution is 5.34. The van der Waals surface area contributed by atoms with Gasteiger partial charge in [0.05, 0.1) is 13.7 Å². The molecule has 1 fully saturated rings. The summed E-state index contributed by atoms with van der Waals surface area (Å²) in [5, 5.41) is 9.34. The van der Waals surface area contributed by atoms with Crippen molar-refractivity contribution in [2.75, 3.05) is 13.7 Å². The van der Waals surface area contributed by atoms with Gasteiger partial charge in [0, 0.05) is 12.0 Å². The van der Waals surface area contributed by atoms with E-state index in [0.717, 1.165) is 12.8 Å². The lowest BCUT2D eigenvalue weighted by atomic mass is 9.95. The van der Waals surface area contributed by atoms with Gasteiger partial charge in [0.15, 0.2) is 0 Å². The molecule has 0 spiro atoms. The first kappa shape index (κ1) is 10.6. The van der Waals surface area contributed by atoms with Crippen LogP contribution in [0.4, 0.5) is 0 Å². The summed E-state index contributed by atoms with van der Waals surface area (Å²) in [6.07, 6.45) is 2.20. The van der Waals surface area contributed by atoms with E-state index in [4.69, 9.17) is 4.84 Å². The number of nitrogens with one attached hydrogen (secondary N) is 1. The molecule has 2 N–H and O–H groups in total. The van der Waals surface area contributed by atoms with Crippen molar-refractivity contribution in [3.8, 4) is 0 Å². The molecule has 0 heterocycles. The summed E-state index contributed by atoms with van der Waals surface area (Å²) >= 11 is 0. The number of hydrogen-bond acceptors (Lipinski definition) is 3. The summed E-state index contributed by atoms with van der Waals surface area (Å²) in [4.78, 5) is 4.81. The van der Waals surface area contributed by atoms with Gasteiger partial charge in [-0.15, -0.1) is 0 Å². The maximum atomic E-state index is 9.34. The molecular weight excluding hydrogens is 190 g/mol. The zero-order chi connectivity index (χ0) is 10.7. The van der Waals surface area contributed by atoms with Gasteiger partial charge in [-0.1, -0.05) is 24.3 Å². The second kappa shape index (κ2) is 4.31. The van der Waals surface area contributed by atoms with Crippen LogP contribution in [0.15, 0.2) is 24.3 Å². The third kappa shape index (κ3) is 2.20. The highest BCUT2D eigenvalue weighted by Gasteiger charge is 2.43. The fourth-order valence-corrected chi connectivity index (χ4v) is 1.86. The zero-order valence-electron chi connectivity index (χ0n) is 8.99. The van der Waals surface area contributed by atoms with Crippen molar-refractivity contribution in [3.63, 3.8) is 0 Å². The molecule has 3 nitrogen and oxygen atoms in total. The first-order chi connectivity index (χ1) is 7.30. The van der Waals surface area contributed by atoms with Crippen LogP contribution in [0.5, 0.6) is 0 Å². The number of benzene rings is 1. The molecule has 1 aliphatic rings. The van der Waals surface area contributed by atoms with Crippen molar-refractivity contribution >= 4 is 0 Å². The number of aliphatic hydroxyl groups excluding tert-OH is 1. The normalized spacial score (nSPS) is 17.7. The topological polar surface area (TPSA) is 41.5 Å². The lowest BCUT2D eigenvalue weighted by molar-refractivity contribution is 0.0867. The van der Waals surface area contributed by atoms with Gasteiger partial charge in [-0.05, 0) is 24.0 Å². The van der Waals surface area contributed by atoms with Gasteiger partial charge >= 0.3 is 0 Å². The quantitative estimate of drug-likeness (QED) is 0.716. The van der Waals surface area contributed by atoms with E-state index >= 15 is 0 Å². The van der Waals surface area contributed by atoms with Crippen LogP contribution in [-0.2, 0) is 16.8 Å². The predicted molar refractivity (Wildman–Crippen MR) is 58.3 cm³/mol. The van der Waals surface area contributed by atoms with Crippen LogP contribution in [0.25, 0.3) is 0 Å². The van der Waals surface area contributed by atoms with E-state index in [1.54, 1.807) is 7.11 Å². The predicted octanol–water partition coefficient (Wildman–Crippen LogP) is 1.36. The molecule has 1 saturated carbocycles. The van der Waals surface area contributed by atoms with E-state index in [1.165, 1.54) is 11.1 Å². The summed E-state index contributed by atoms with van der Waals surface area (Å²) in [6, 6.07) is 8.34. The Morgan fingerprint density at radius 3 is 2.87 bits per heavy atom. The van der Waals surface area contributed by atoms with E-state index in [2.05, 4.69) is 23.7 Å². The van der Waals surface area contributed by atoms with Crippen molar-refractivity contribution in [1.82, 2.24) is 5.48 Å². The van der Waals surface area contributed by atoms with Crippen LogP contribution < -0.4 is 5.48 Å². The molecule has 0 aliphatic heterocycles. The maximum absolute atomic E-state index is 9.34. The average molecular weight is 207 g/mol. The van der Waals surface area contributed by atoms with E-state index in [9.17, 15) is 5.11 Å². The summed E-state index contributed by atoms with van der Waals surface area (Å²) in [5.74, 6) is 0. The lowest BCUT2D eigenvalue weighted by Crippen LogP contribution is -2.14. The van der Waals surface area contributed by atoms with E-state index in [-0.39, 0.29) is 12.0 Å². The number of hydrogen-bond donors (Lipinski definition) is 2. The molecule has 3 heteroatoms. The number of aliphatic hydroxyl groups is 1. The summed E-state index contributed by atoms with van der Waals surface area (Å²) in [7, 11) is 1.61. The van der Waals surface area contributed by atoms with Gasteiger partial charge in [-0.3, -0.25) is 0 Å². The van der Waals surface area contributed by atoms with Crippen LogP contribution in [0, 0.1) is 0 Å². The molecule has 0 atom stereocenters. The number of rotatable bonds is 5. The van der Waals surface area contributed by atoms with E-state index in [0.29, 0.717) is 6.54 Å². The standard InChI is InChI=1S/C12H17NO2/c1-15-13-8-10-3-2-4-11(7-10)12(9-14)5-6-12/h2-4,7,13-14H,5-6,8-9H2,1H3. The minimum Gasteiger partial charge on any atom is -0.395 e. The minimum absolute atomic E-state index is 0.0586. The van der Waals surface area contributed by atoms with Crippen molar-refractivity contribution in [2.45, 2.75) is 24.8 Å². The molecular formula is C12H17NO2. The summed E-state index contributed by atoms with van der Waals surface area (Å²) < 4.78 is 0. The van der Waals surface area contributed by atoms with E-state index in [1.807, 2.05) is 6.07 Å². The Balaban J connectivity index is 2.12. The van der Waals surface area contributed by atoms with Crippen molar-refractivity contribution in [1.29, 1.82) is 0 Å². The minimum atomic E-state index is 0.0586. The Kier molecular flexibility index (Phi) is 3.05. The van der Waals surface area contributed by atoms with Crippen LogP contribution in [0.1, 0.15) is 24.0 Å². The second-order valence-electron chi connectivity index (χ2n) is 4.16. The Hall–Kier alpha value is -0.900. The highest BCUT2D eigenvalue weighted by atomic mass is 16.6. The third-order valence-electron chi connectivity index (χ3n) is 3.12. The van der Waals surface area contributed by atoms with Crippen LogP contribution in [-0.4, -0.2) is 18.8 Å². The molecule has 2 rings (SSSR count). The van der Waals surface area contributed by atoms with Gasteiger partial charge in [0.1, 0.15) is 0 Å². The Labute approximate surface area is 90.0 Å². The fourth-order valence-electron chi connectivity index (χ4n) is 1.86. The molecule has 82 valence electrons. The molecule has 1 aromatic rings. The van der Waals surface area contributed by atoms with E-state index < -0.39 is 0 Å². The molecule has 1 aromatic carbocycles. The molecule has 0 saturated heterocycles. The largest absolute Gasteiger partial charge is 0.395 e. The number of hydroxylamine groups is 1. The van der Waals surface area contributed by atoms with Gasteiger partial charge in [-0.25, -0.2) is 0 Å². The third-order valence-corrected chi connectivity index (χ3v) is 3.12. The second-order valence-corrected chi connectivity index (χ2v) is 4.16. The lowest BCUT2D eigenvalue weighted by Gasteiger charge is -2.13.